The molecule has 0 radical (unpaired) electrons. The van der Waals surface area contributed by atoms with E-state index in [1.54, 1.807) is 24.5 Å². The molecule has 160 valence electrons. The Morgan fingerprint density at radius 2 is 2.07 bits per heavy atom. The van der Waals surface area contributed by atoms with Crippen molar-refractivity contribution in [3.63, 3.8) is 0 Å². The highest BCUT2D eigenvalue weighted by Gasteiger charge is 2.44. The third-order valence-corrected chi connectivity index (χ3v) is 6.47. The number of aliphatic hydroxyl groups is 1. The summed E-state index contributed by atoms with van der Waals surface area (Å²) in [5.74, 6) is 1.11. The Labute approximate surface area is 174 Å². The quantitative estimate of drug-likeness (QED) is 0.546. The smallest absolute Gasteiger partial charge is 0.276 e. The van der Waals surface area contributed by atoms with Crippen LogP contribution in [-0.4, -0.2) is 32.2 Å². The number of nitrogen functional groups attached to an aromatic ring is 1. The Balaban J connectivity index is 1.78. The Morgan fingerprint density at radius 1 is 1.30 bits per heavy atom. The van der Waals surface area contributed by atoms with Crippen molar-refractivity contribution in [3.8, 4) is 0 Å². The summed E-state index contributed by atoms with van der Waals surface area (Å²) in [6, 6.07) is 1.66. The molecule has 1 amide bonds. The van der Waals surface area contributed by atoms with E-state index < -0.39 is 5.66 Å². The zero-order valence-electron chi connectivity index (χ0n) is 17.4. The Hall–Kier alpha value is -2.94. The maximum atomic E-state index is 13.5. The number of anilines is 3. The van der Waals surface area contributed by atoms with E-state index in [1.165, 1.54) is 25.6 Å². The van der Waals surface area contributed by atoms with Crippen molar-refractivity contribution in [1.82, 2.24) is 19.9 Å². The number of aliphatic hydroxyl groups excluding tert-OH is 1. The molecule has 0 saturated heterocycles. The summed E-state index contributed by atoms with van der Waals surface area (Å²) in [7, 11) is 0. The molecule has 1 fully saturated rings. The highest BCUT2D eigenvalue weighted by atomic mass is 16.3. The number of aryl methyl sites for hydroxylation is 1. The van der Waals surface area contributed by atoms with E-state index in [0.29, 0.717) is 46.5 Å². The lowest BCUT2D eigenvalue weighted by molar-refractivity contribution is 0.0852. The van der Waals surface area contributed by atoms with Gasteiger partial charge in [0.2, 0.25) is 0 Å². The average molecular weight is 412 g/mol. The maximum Gasteiger partial charge on any atom is 0.276 e. The molecule has 5 N–H and O–H groups in total. The number of pyridine rings is 1. The van der Waals surface area contributed by atoms with Gasteiger partial charge in [0, 0.05) is 18.6 Å². The van der Waals surface area contributed by atoms with E-state index in [0.717, 1.165) is 6.42 Å². The predicted molar refractivity (Wildman–Crippen MR) is 114 cm³/mol. The summed E-state index contributed by atoms with van der Waals surface area (Å²) in [6.45, 7) is 3.45. The second-order valence-electron chi connectivity index (χ2n) is 8.38. The minimum Gasteiger partial charge on any atom is -0.396 e. The molecule has 0 aromatic carbocycles. The number of hydrogen-bond acceptors (Lipinski definition) is 7. The normalized spacial score (nSPS) is 20.6. The number of hydrogen-bond donors (Lipinski definition) is 4. The molecule has 30 heavy (non-hydrogen) atoms. The number of aromatic nitrogens is 3. The summed E-state index contributed by atoms with van der Waals surface area (Å²) >= 11 is 0. The number of nitrogens with two attached hydrogens (primary N) is 1. The molecule has 0 spiro atoms. The van der Waals surface area contributed by atoms with Crippen LogP contribution >= 0.6 is 0 Å². The van der Waals surface area contributed by atoms with E-state index in [2.05, 4.69) is 20.6 Å². The summed E-state index contributed by atoms with van der Waals surface area (Å²) in [5.41, 5.74) is 6.59. The van der Waals surface area contributed by atoms with Crippen LogP contribution in [0.2, 0.25) is 0 Å². The van der Waals surface area contributed by atoms with Crippen molar-refractivity contribution in [2.75, 3.05) is 17.7 Å². The third-order valence-electron chi connectivity index (χ3n) is 6.47. The molecule has 1 aliphatic carbocycles. The van der Waals surface area contributed by atoms with Gasteiger partial charge in [-0.25, -0.2) is 9.97 Å². The Kier molecular flexibility index (Phi) is 5.23. The Bertz CT molecular complexity index is 1050. The summed E-state index contributed by atoms with van der Waals surface area (Å²) < 4.78 is 1.54. The van der Waals surface area contributed by atoms with Crippen molar-refractivity contribution >= 4 is 23.2 Å². The molecular weight excluding hydrogens is 384 g/mol. The first-order valence-electron chi connectivity index (χ1n) is 10.4. The van der Waals surface area contributed by atoms with Crippen molar-refractivity contribution in [2.45, 2.75) is 58.0 Å². The molecule has 2 aliphatic rings. The standard InChI is InChI=1S/C21H28N6O3/c1-12-10-15(25-18-13(2)17(22)23-11-24-18)20(30)27-16(12)19(29)26-21(27,8-9-28)7-6-14-4-3-5-14/h10-11,14,28H,3-9H2,1-2H3,(H,26,29)(H3,22,23,24,25). The van der Waals surface area contributed by atoms with E-state index >= 15 is 0 Å². The number of amides is 1. The van der Waals surface area contributed by atoms with Crippen LogP contribution in [0.5, 0.6) is 0 Å². The fraction of sp³-hybridized carbons (Fsp3) is 0.524. The molecule has 1 aliphatic heterocycles. The van der Waals surface area contributed by atoms with Crippen LogP contribution in [0.15, 0.2) is 17.2 Å². The van der Waals surface area contributed by atoms with Gasteiger partial charge >= 0.3 is 0 Å². The Morgan fingerprint density at radius 3 is 2.73 bits per heavy atom. The topological polar surface area (TPSA) is 135 Å². The van der Waals surface area contributed by atoms with Crippen LogP contribution in [0.4, 0.5) is 17.3 Å². The molecular formula is C21H28N6O3. The molecule has 9 nitrogen and oxygen atoms in total. The maximum absolute atomic E-state index is 13.5. The fourth-order valence-electron chi connectivity index (χ4n) is 4.45. The number of carbonyl (C=O) groups excluding carboxylic acids is 1. The van der Waals surface area contributed by atoms with Crippen LogP contribution in [0.25, 0.3) is 0 Å². The first-order chi connectivity index (χ1) is 14.4. The minimum atomic E-state index is -0.921. The number of nitrogens with one attached hydrogen (secondary N) is 2. The van der Waals surface area contributed by atoms with Gasteiger partial charge in [-0.05, 0) is 44.2 Å². The molecule has 1 unspecified atom stereocenters. The van der Waals surface area contributed by atoms with E-state index in [-0.39, 0.29) is 24.5 Å². The highest BCUT2D eigenvalue weighted by Crippen LogP contribution is 2.37. The minimum absolute atomic E-state index is 0.130. The zero-order chi connectivity index (χ0) is 21.5. The lowest BCUT2D eigenvalue weighted by atomic mass is 9.80. The summed E-state index contributed by atoms with van der Waals surface area (Å²) in [6.07, 6.45) is 6.72. The first kappa shape index (κ1) is 20.3. The summed E-state index contributed by atoms with van der Waals surface area (Å²) in [4.78, 5) is 34.5. The number of carbonyl (C=O) groups is 1. The van der Waals surface area contributed by atoms with Gasteiger partial charge in [0.1, 0.15) is 35.0 Å². The second kappa shape index (κ2) is 7.71. The van der Waals surface area contributed by atoms with Crippen LogP contribution in [0.3, 0.4) is 0 Å². The second-order valence-corrected chi connectivity index (χ2v) is 8.38. The first-order valence-corrected chi connectivity index (χ1v) is 10.4. The third kappa shape index (κ3) is 3.32. The van der Waals surface area contributed by atoms with Gasteiger partial charge in [-0.1, -0.05) is 19.3 Å². The van der Waals surface area contributed by atoms with Crippen molar-refractivity contribution < 1.29 is 9.90 Å². The SMILES string of the molecule is Cc1cc(Nc2ncnc(N)c2C)c(=O)n2c1C(=O)NC2(CCO)CCC1CCC1. The van der Waals surface area contributed by atoms with Crippen LogP contribution in [0.1, 0.15) is 60.1 Å². The van der Waals surface area contributed by atoms with Gasteiger partial charge in [0.15, 0.2) is 0 Å². The molecule has 1 atom stereocenters. The van der Waals surface area contributed by atoms with Crippen molar-refractivity contribution in [2.24, 2.45) is 5.92 Å². The van der Waals surface area contributed by atoms with Crippen LogP contribution in [-0.2, 0) is 5.66 Å². The molecule has 4 rings (SSSR count). The van der Waals surface area contributed by atoms with Gasteiger partial charge in [-0.3, -0.25) is 14.2 Å². The lowest BCUT2D eigenvalue weighted by Gasteiger charge is -2.35. The molecule has 3 heterocycles. The van der Waals surface area contributed by atoms with Gasteiger partial charge in [-0.2, -0.15) is 0 Å². The van der Waals surface area contributed by atoms with Gasteiger partial charge < -0.3 is 21.5 Å². The van der Waals surface area contributed by atoms with Gasteiger partial charge in [0.05, 0.1) is 0 Å². The summed E-state index contributed by atoms with van der Waals surface area (Å²) in [5, 5.41) is 15.8. The van der Waals surface area contributed by atoms with E-state index in [4.69, 9.17) is 5.73 Å². The van der Waals surface area contributed by atoms with Crippen LogP contribution < -0.4 is 21.9 Å². The molecule has 9 heteroatoms. The van der Waals surface area contributed by atoms with E-state index in [1.807, 2.05) is 0 Å². The monoisotopic (exact) mass is 412 g/mol. The average Bonchev–Trinajstić information content (AvgIpc) is 2.95. The zero-order valence-corrected chi connectivity index (χ0v) is 17.4. The van der Waals surface area contributed by atoms with Gasteiger partial charge in [0.25, 0.3) is 11.5 Å². The lowest BCUT2D eigenvalue weighted by Crippen LogP contribution is -2.48. The predicted octanol–water partition coefficient (Wildman–Crippen LogP) is 1.94. The fourth-order valence-corrected chi connectivity index (χ4v) is 4.45. The molecule has 1 saturated carbocycles. The van der Waals surface area contributed by atoms with E-state index in [9.17, 15) is 14.7 Å². The number of nitrogens with zero attached hydrogens (tertiary/aromatic N) is 3. The van der Waals surface area contributed by atoms with Crippen LogP contribution in [0, 0.1) is 19.8 Å². The largest absolute Gasteiger partial charge is 0.396 e. The number of fused-ring (bicyclic) bond motifs is 1. The van der Waals surface area contributed by atoms with Crippen molar-refractivity contribution in [1.29, 1.82) is 0 Å². The van der Waals surface area contributed by atoms with Crippen molar-refractivity contribution in [3.05, 3.63) is 39.6 Å². The number of rotatable bonds is 7. The molecule has 0 bridgehead atoms. The molecule has 2 aromatic heterocycles. The molecule has 2 aromatic rings. The highest BCUT2D eigenvalue weighted by molar-refractivity contribution is 5.97. The van der Waals surface area contributed by atoms with Gasteiger partial charge in [-0.15, -0.1) is 0 Å².